The Bertz CT molecular complexity index is 329. The number of rotatable bonds is 2. The third-order valence-corrected chi connectivity index (χ3v) is 1.40. The van der Waals surface area contributed by atoms with Crippen LogP contribution in [0.5, 0.6) is 5.75 Å². The van der Waals surface area contributed by atoms with Crippen molar-refractivity contribution in [3.8, 4) is 5.75 Å². The topological polar surface area (TPSA) is 35.2 Å². The number of alkyl halides is 3. The molecule has 2 nitrogen and oxygen atoms in total. The number of nitrogens with two attached hydrogens (primary N) is 1. The Kier molecular flexibility index (Phi) is 4.83. The van der Waals surface area contributed by atoms with Gasteiger partial charge >= 0.3 is 6.36 Å². The van der Waals surface area contributed by atoms with Crippen LogP contribution in [0.1, 0.15) is 5.56 Å². The van der Waals surface area contributed by atoms with E-state index in [9.17, 15) is 17.6 Å². The summed E-state index contributed by atoms with van der Waals surface area (Å²) >= 11 is 0. The number of halogens is 5. The van der Waals surface area contributed by atoms with Gasteiger partial charge in [0.15, 0.2) is 0 Å². The van der Waals surface area contributed by atoms with Gasteiger partial charge in [-0.3, -0.25) is 0 Å². The van der Waals surface area contributed by atoms with Crippen LogP contribution in [0.3, 0.4) is 0 Å². The highest BCUT2D eigenvalue weighted by Crippen LogP contribution is 2.24. The summed E-state index contributed by atoms with van der Waals surface area (Å²) in [6.45, 7) is -0.0496. The van der Waals surface area contributed by atoms with Crippen molar-refractivity contribution in [1.82, 2.24) is 0 Å². The van der Waals surface area contributed by atoms with Gasteiger partial charge in [-0.15, -0.1) is 25.6 Å². The van der Waals surface area contributed by atoms with Gasteiger partial charge in [0.05, 0.1) is 0 Å². The van der Waals surface area contributed by atoms with Crippen LogP contribution in [0.25, 0.3) is 0 Å². The summed E-state index contributed by atoms with van der Waals surface area (Å²) in [7, 11) is 0. The van der Waals surface area contributed by atoms with Crippen molar-refractivity contribution in [3.05, 3.63) is 29.6 Å². The monoisotopic (exact) mass is 245 g/mol. The average Bonchev–Trinajstić information content (AvgIpc) is 1.99. The van der Waals surface area contributed by atoms with Crippen LogP contribution in [0.2, 0.25) is 0 Å². The summed E-state index contributed by atoms with van der Waals surface area (Å²) in [6.07, 6.45) is -4.82. The van der Waals surface area contributed by atoms with Crippen LogP contribution in [-0.4, -0.2) is 6.36 Å². The molecule has 0 aromatic heterocycles. The molecule has 0 aliphatic rings. The van der Waals surface area contributed by atoms with Crippen molar-refractivity contribution in [2.24, 2.45) is 5.73 Å². The molecular formula is C8H8ClF4NO. The molecule has 1 aromatic carbocycles. The molecule has 0 aliphatic carbocycles. The number of ether oxygens (including phenoxy) is 1. The van der Waals surface area contributed by atoms with E-state index in [2.05, 4.69) is 4.74 Å². The highest BCUT2D eigenvalue weighted by atomic mass is 35.5. The fourth-order valence-corrected chi connectivity index (χ4v) is 0.931. The van der Waals surface area contributed by atoms with Crippen LogP contribution >= 0.6 is 12.4 Å². The molecule has 86 valence electrons. The van der Waals surface area contributed by atoms with Gasteiger partial charge < -0.3 is 10.5 Å². The first-order chi connectivity index (χ1) is 6.40. The lowest BCUT2D eigenvalue weighted by Crippen LogP contribution is -2.17. The van der Waals surface area contributed by atoms with Crippen LogP contribution in [0.4, 0.5) is 17.6 Å². The lowest BCUT2D eigenvalue weighted by atomic mass is 10.2. The van der Waals surface area contributed by atoms with E-state index in [1.165, 1.54) is 0 Å². The van der Waals surface area contributed by atoms with Gasteiger partial charge in [0, 0.05) is 12.6 Å². The van der Waals surface area contributed by atoms with Gasteiger partial charge in [0.1, 0.15) is 11.6 Å². The highest BCUT2D eigenvalue weighted by Gasteiger charge is 2.31. The van der Waals surface area contributed by atoms with Crippen LogP contribution < -0.4 is 10.5 Å². The first-order valence-corrected chi connectivity index (χ1v) is 3.66. The zero-order valence-corrected chi connectivity index (χ0v) is 8.16. The maximum atomic E-state index is 12.7. The van der Waals surface area contributed by atoms with Gasteiger partial charge in [-0.1, -0.05) is 0 Å². The molecule has 0 aliphatic heterocycles. The third kappa shape index (κ3) is 4.85. The summed E-state index contributed by atoms with van der Waals surface area (Å²) < 4.78 is 51.4. The highest BCUT2D eigenvalue weighted by molar-refractivity contribution is 5.85. The van der Waals surface area contributed by atoms with Crippen molar-refractivity contribution >= 4 is 12.4 Å². The van der Waals surface area contributed by atoms with E-state index in [4.69, 9.17) is 5.73 Å². The van der Waals surface area contributed by atoms with Gasteiger partial charge in [-0.05, 0) is 17.7 Å². The number of hydrogen-bond acceptors (Lipinski definition) is 2. The molecule has 15 heavy (non-hydrogen) atoms. The maximum absolute atomic E-state index is 12.7. The second-order valence-electron chi connectivity index (χ2n) is 2.55. The van der Waals surface area contributed by atoms with Gasteiger partial charge in [-0.25, -0.2) is 4.39 Å². The molecule has 1 aromatic rings. The molecule has 0 fully saturated rings. The van der Waals surface area contributed by atoms with Gasteiger partial charge in [0.2, 0.25) is 0 Å². The van der Waals surface area contributed by atoms with E-state index in [-0.39, 0.29) is 24.5 Å². The van der Waals surface area contributed by atoms with Crippen molar-refractivity contribution in [2.45, 2.75) is 12.9 Å². The third-order valence-electron chi connectivity index (χ3n) is 1.40. The minimum atomic E-state index is -4.82. The fraction of sp³-hybridized carbons (Fsp3) is 0.250. The Morgan fingerprint density at radius 1 is 1.20 bits per heavy atom. The first-order valence-electron chi connectivity index (χ1n) is 3.66. The Balaban J connectivity index is 0.00000196. The predicted octanol–water partition coefficient (Wildman–Crippen LogP) is 2.60. The molecule has 0 amide bonds. The lowest BCUT2D eigenvalue weighted by molar-refractivity contribution is -0.274. The standard InChI is InChI=1S/C8H7F4NO.ClH/c9-6-1-5(4-13)2-7(3-6)14-8(10,11)12;/h1-3H,4,13H2;1H. The van der Waals surface area contributed by atoms with Crippen LogP contribution in [0.15, 0.2) is 18.2 Å². The second kappa shape index (κ2) is 5.18. The Labute approximate surface area is 89.4 Å². The van der Waals surface area contributed by atoms with E-state index in [0.717, 1.165) is 12.1 Å². The summed E-state index contributed by atoms with van der Waals surface area (Å²) in [5, 5.41) is 0. The van der Waals surface area contributed by atoms with E-state index >= 15 is 0 Å². The Hall–Kier alpha value is -1.01. The smallest absolute Gasteiger partial charge is 0.406 e. The number of hydrogen-bond donors (Lipinski definition) is 1. The molecule has 0 saturated heterocycles. The zero-order valence-electron chi connectivity index (χ0n) is 7.34. The fourth-order valence-electron chi connectivity index (χ4n) is 0.931. The molecule has 0 spiro atoms. The Morgan fingerprint density at radius 3 is 2.27 bits per heavy atom. The molecule has 1 rings (SSSR count). The van der Waals surface area contributed by atoms with Crippen molar-refractivity contribution < 1.29 is 22.3 Å². The van der Waals surface area contributed by atoms with Crippen molar-refractivity contribution in [2.75, 3.05) is 0 Å². The van der Waals surface area contributed by atoms with E-state index in [0.29, 0.717) is 6.07 Å². The summed E-state index contributed by atoms with van der Waals surface area (Å²) in [5.41, 5.74) is 5.39. The molecule has 7 heteroatoms. The largest absolute Gasteiger partial charge is 0.573 e. The van der Waals surface area contributed by atoms with E-state index in [1.54, 1.807) is 0 Å². The Morgan fingerprint density at radius 2 is 1.80 bits per heavy atom. The van der Waals surface area contributed by atoms with E-state index in [1.807, 2.05) is 0 Å². The predicted molar refractivity (Wildman–Crippen MR) is 48.2 cm³/mol. The maximum Gasteiger partial charge on any atom is 0.573 e. The second-order valence-corrected chi connectivity index (χ2v) is 2.55. The lowest BCUT2D eigenvalue weighted by Gasteiger charge is -2.09. The molecule has 0 heterocycles. The summed E-state index contributed by atoms with van der Waals surface area (Å²) in [6, 6.07) is 2.73. The summed E-state index contributed by atoms with van der Waals surface area (Å²) in [5.74, 6) is -1.41. The minimum Gasteiger partial charge on any atom is -0.406 e. The quantitative estimate of drug-likeness (QED) is 0.813. The average molecular weight is 246 g/mol. The van der Waals surface area contributed by atoms with E-state index < -0.39 is 17.9 Å². The minimum absolute atomic E-state index is 0. The number of benzene rings is 1. The first kappa shape index (κ1) is 14.0. The molecule has 0 radical (unpaired) electrons. The summed E-state index contributed by atoms with van der Waals surface area (Å²) in [4.78, 5) is 0. The van der Waals surface area contributed by atoms with Crippen LogP contribution in [0, 0.1) is 5.82 Å². The van der Waals surface area contributed by atoms with Crippen LogP contribution in [-0.2, 0) is 6.54 Å². The molecule has 0 unspecified atom stereocenters. The van der Waals surface area contributed by atoms with Gasteiger partial charge in [-0.2, -0.15) is 0 Å². The SMILES string of the molecule is Cl.NCc1cc(F)cc(OC(F)(F)F)c1. The van der Waals surface area contributed by atoms with Crippen molar-refractivity contribution in [3.63, 3.8) is 0 Å². The molecule has 0 saturated carbocycles. The van der Waals surface area contributed by atoms with Gasteiger partial charge in [0.25, 0.3) is 0 Å². The molecule has 2 N–H and O–H groups in total. The molecule has 0 bridgehead atoms. The normalized spacial score (nSPS) is 10.7. The zero-order chi connectivity index (χ0) is 10.8. The molecule has 0 atom stereocenters. The molecular weight excluding hydrogens is 238 g/mol. The van der Waals surface area contributed by atoms with Crippen molar-refractivity contribution in [1.29, 1.82) is 0 Å².